The number of fused-ring (bicyclic) bond motifs is 3. The number of esters is 1. The topological polar surface area (TPSA) is 125 Å². The molecule has 0 saturated carbocycles. The van der Waals surface area contributed by atoms with Gasteiger partial charge in [0.2, 0.25) is 5.72 Å². The fraction of sp³-hybridized carbons (Fsp3) is 0.412. The van der Waals surface area contributed by atoms with Crippen molar-refractivity contribution in [3.63, 3.8) is 0 Å². The molecule has 0 aromatic heterocycles. The molecule has 11 heteroatoms. The number of benzene rings is 1. The number of para-hydroxylation sites is 1. The number of amides is 2. The number of carboxylic acids is 1. The van der Waals surface area contributed by atoms with Crippen LogP contribution in [-0.4, -0.2) is 58.2 Å². The van der Waals surface area contributed by atoms with Crippen LogP contribution in [0.25, 0.3) is 0 Å². The van der Waals surface area contributed by atoms with Crippen molar-refractivity contribution in [3.05, 3.63) is 30.3 Å². The number of nitrogens with zero attached hydrogens (tertiary/aromatic N) is 1. The van der Waals surface area contributed by atoms with Gasteiger partial charge in [-0.05, 0) is 12.1 Å². The Morgan fingerprint density at radius 1 is 1.32 bits per heavy atom. The van der Waals surface area contributed by atoms with E-state index in [1.165, 1.54) is 11.8 Å². The Morgan fingerprint density at radius 3 is 2.71 bits per heavy atom. The maximum atomic E-state index is 12.5. The van der Waals surface area contributed by atoms with Gasteiger partial charge in [-0.25, -0.2) is 0 Å². The van der Waals surface area contributed by atoms with Gasteiger partial charge in [0.15, 0.2) is 6.61 Å². The van der Waals surface area contributed by atoms with Crippen LogP contribution < -0.4 is 44.7 Å². The smallest absolute Gasteiger partial charge is 0.544 e. The van der Waals surface area contributed by atoms with E-state index in [4.69, 9.17) is 9.47 Å². The van der Waals surface area contributed by atoms with Gasteiger partial charge in [0.1, 0.15) is 23.1 Å². The summed E-state index contributed by atoms with van der Waals surface area (Å²) in [7, 11) is 0. The molecule has 0 radical (unpaired) electrons. The number of carboxylic acid groups (broad SMARTS) is 1. The molecule has 9 nitrogen and oxygen atoms in total. The minimum atomic E-state index is -2.08. The second-order valence-corrected chi connectivity index (χ2v) is 7.59. The van der Waals surface area contributed by atoms with Crippen molar-refractivity contribution < 1.29 is 63.3 Å². The van der Waals surface area contributed by atoms with Crippen molar-refractivity contribution in [2.45, 2.75) is 23.6 Å². The molecule has 1 N–H and O–H groups in total. The van der Waals surface area contributed by atoms with Crippen molar-refractivity contribution in [1.29, 1.82) is 0 Å². The average molecular weight is 414 g/mol. The Labute approximate surface area is 186 Å². The van der Waals surface area contributed by atoms with Crippen LogP contribution in [0.5, 0.6) is 5.75 Å². The molecule has 28 heavy (non-hydrogen) atoms. The van der Waals surface area contributed by atoms with Crippen molar-refractivity contribution >= 4 is 35.5 Å². The minimum Gasteiger partial charge on any atom is -0.544 e. The van der Waals surface area contributed by atoms with E-state index in [-0.39, 0.29) is 42.6 Å². The molecule has 0 aliphatic carbocycles. The molecule has 0 bridgehead atoms. The molecule has 4 atom stereocenters. The van der Waals surface area contributed by atoms with E-state index in [1.807, 2.05) is 6.07 Å². The zero-order valence-electron chi connectivity index (χ0n) is 15.0. The average Bonchev–Trinajstić information content (AvgIpc) is 3.00. The molecule has 0 spiro atoms. The molecule has 3 saturated heterocycles. The molecule has 3 fully saturated rings. The van der Waals surface area contributed by atoms with E-state index in [1.54, 1.807) is 24.3 Å². The van der Waals surface area contributed by atoms with E-state index in [2.05, 4.69) is 5.32 Å². The number of rotatable bonds is 5. The molecule has 0 unspecified atom stereocenters. The maximum Gasteiger partial charge on any atom is 1.00 e. The Balaban J connectivity index is 0.00000225. The Kier molecular flexibility index (Phi) is 5.95. The van der Waals surface area contributed by atoms with Crippen molar-refractivity contribution in [3.8, 4) is 5.75 Å². The van der Waals surface area contributed by atoms with Crippen LogP contribution in [0.1, 0.15) is 6.42 Å². The molecule has 1 aromatic carbocycles. The predicted octanol–water partition coefficient (Wildman–Crippen LogP) is -4.52. The quantitative estimate of drug-likeness (QED) is 0.290. The van der Waals surface area contributed by atoms with Crippen LogP contribution in [0.4, 0.5) is 0 Å². The Morgan fingerprint density at radius 2 is 2.04 bits per heavy atom. The number of hydrogen-bond donors (Lipinski definition) is 1. The Hall–Kier alpha value is -1.75. The van der Waals surface area contributed by atoms with Gasteiger partial charge in [-0.1, -0.05) is 18.2 Å². The van der Waals surface area contributed by atoms with Crippen LogP contribution >= 0.6 is 11.8 Å². The predicted molar refractivity (Wildman–Crippen MR) is 88.9 cm³/mol. The van der Waals surface area contributed by atoms with E-state index >= 15 is 0 Å². The van der Waals surface area contributed by atoms with E-state index in [0.29, 0.717) is 11.5 Å². The largest absolute Gasteiger partial charge is 1.00 e. The molecule has 3 aliphatic rings. The van der Waals surface area contributed by atoms with Gasteiger partial charge in [0.25, 0.3) is 11.8 Å². The number of β-lactam (4-membered cyclic amide) rings is 1. The van der Waals surface area contributed by atoms with Crippen LogP contribution in [0.2, 0.25) is 0 Å². The molecular formula is C17H15N2NaO7S. The fourth-order valence-corrected chi connectivity index (χ4v) is 5.14. The first-order chi connectivity index (χ1) is 12.9. The minimum absolute atomic E-state index is 0. The number of aliphatic carboxylic acids is 1. The molecule has 142 valence electrons. The van der Waals surface area contributed by atoms with Gasteiger partial charge in [-0.3, -0.25) is 19.3 Å². The second kappa shape index (κ2) is 7.94. The van der Waals surface area contributed by atoms with Crippen LogP contribution in [0.15, 0.2) is 30.3 Å². The number of carbonyl (C=O) groups excluding carboxylic acids is 4. The van der Waals surface area contributed by atoms with E-state index < -0.39 is 46.8 Å². The SMILES string of the molecule is O=C(COc1ccccc1)N[C@@H]1C(=O)N2[C@@H]1SC[C@H]1CC(=O)O[C@]12C(=O)[O-].[Na+]. The van der Waals surface area contributed by atoms with Gasteiger partial charge in [-0.15, -0.1) is 11.8 Å². The molecule has 3 heterocycles. The zero-order valence-corrected chi connectivity index (χ0v) is 17.8. The van der Waals surface area contributed by atoms with Crippen LogP contribution in [0, 0.1) is 5.92 Å². The van der Waals surface area contributed by atoms with Gasteiger partial charge in [0, 0.05) is 11.7 Å². The standard InChI is InChI=1S/C17H16N2O7S.Na/c20-11(7-25-10-4-2-1-3-5-10)18-13-14(22)19-15(13)27-8-9-6-12(21)26-17(9,19)16(23)24;/h1-5,9,13,15H,6-8H2,(H,18,20)(H,23,24);/q;+1/p-1/t9-,13-,15-,17+;/m1./s1. The summed E-state index contributed by atoms with van der Waals surface area (Å²) in [5.74, 6) is -3.27. The monoisotopic (exact) mass is 414 g/mol. The molecule has 2 amide bonds. The van der Waals surface area contributed by atoms with Gasteiger partial charge in [0.05, 0.1) is 6.42 Å². The van der Waals surface area contributed by atoms with Crippen molar-refractivity contribution in [2.75, 3.05) is 12.4 Å². The summed E-state index contributed by atoms with van der Waals surface area (Å²) in [6.45, 7) is -0.283. The van der Waals surface area contributed by atoms with Crippen LogP contribution in [-0.2, 0) is 23.9 Å². The van der Waals surface area contributed by atoms with E-state index in [0.717, 1.165) is 4.90 Å². The Bertz CT molecular complexity index is 823. The third-order valence-corrected chi connectivity index (χ3v) is 6.25. The summed E-state index contributed by atoms with van der Waals surface area (Å²) >= 11 is 1.30. The summed E-state index contributed by atoms with van der Waals surface area (Å²) in [5, 5.41) is 13.6. The molecule has 1 aromatic rings. The van der Waals surface area contributed by atoms with Crippen molar-refractivity contribution in [1.82, 2.24) is 10.2 Å². The number of ether oxygens (including phenoxy) is 2. The van der Waals surface area contributed by atoms with Gasteiger partial charge in [-0.2, -0.15) is 0 Å². The summed E-state index contributed by atoms with van der Waals surface area (Å²) in [6.07, 6.45) is -0.0839. The number of nitrogens with one attached hydrogen (secondary N) is 1. The molecule has 4 rings (SSSR count). The number of thioether (sulfide) groups is 1. The van der Waals surface area contributed by atoms with Crippen molar-refractivity contribution in [2.24, 2.45) is 5.92 Å². The van der Waals surface area contributed by atoms with Crippen LogP contribution in [0.3, 0.4) is 0 Å². The zero-order chi connectivity index (χ0) is 19.2. The molecule has 3 aliphatic heterocycles. The normalized spacial score (nSPS) is 30.1. The summed E-state index contributed by atoms with van der Waals surface area (Å²) in [5.41, 5.74) is -2.08. The maximum absolute atomic E-state index is 12.5. The van der Waals surface area contributed by atoms with Gasteiger partial charge >= 0.3 is 35.5 Å². The molecular weight excluding hydrogens is 399 g/mol. The third-order valence-electron chi connectivity index (χ3n) is 4.83. The summed E-state index contributed by atoms with van der Waals surface area (Å²) < 4.78 is 10.4. The first-order valence-corrected chi connectivity index (χ1v) is 9.33. The summed E-state index contributed by atoms with van der Waals surface area (Å²) in [4.78, 5) is 49.0. The van der Waals surface area contributed by atoms with E-state index in [9.17, 15) is 24.3 Å². The summed E-state index contributed by atoms with van der Waals surface area (Å²) in [6, 6.07) is 7.82. The fourth-order valence-electron chi connectivity index (χ4n) is 3.58. The number of carbonyl (C=O) groups is 4. The van der Waals surface area contributed by atoms with Gasteiger partial charge < -0.3 is 24.7 Å². The first-order valence-electron chi connectivity index (χ1n) is 8.29. The first kappa shape index (κ1) is 21.0. The second-order valence-electron chi connectivity index (χ2n) is 6.44. The third kappa shape index (κ3) is 3.28. The number of hydrogen-bond acceptors (Lipinski definition) is 8.